The highest BCUT2D eigenvalue weighted by atomic mass is 32.1. The first-order chi connectivity index (χ1) is 11.7. The monoisotopic (exact) mass is 355 g/mol. The Labute approximate surface area is 148 Å². The molecule has 7 heteroatoms. The van der Waals surface area contributed by atoms with E-state index in [0.717, 1.165) is 33.6 Å². The molecule has 0 saturated heterocycles. The molecule has 4 aromatic rings. The Morgan fingerprint density at radius 2 is 2.04 bits per heavy atom. The first-order valence-corrected chi connectivity index (χ1v) is 9.29. The fourth-order valence-corrected chi connectivity index (χ4v) is 3.98. The first kappa shape index (κ1) is 15.2. The van der Waals surface area contributed by atoms with Crippen molar-refractivity contribution in [2.45, 2.75) is 6.54 Å². The molecule has 1 aromatic carbocycles. The number of fused-ring (bicyclic) bond motifs is 1. The zero-order valence-electron chi connectivity index (χ0n) is 13.4. The van der Waals surface area contributed by atoms with Gasteiger partial charge in [0.2, 0.25) is 10.1 Å². The van der Waals surface area contributed by atoms with E-state index in [-0.39, 0.29) is 0 Å². The zero-order chi connectivity index (χ0) is 16.5. The molecule has 0 saturated carbocycles. The van der Waals surface area contributed by atoms with Gasteiger partial charge in [-0.15, -0.1) is 16.4 Å². The summed E-state index contributed by atoms with van der Waals surface area (Å²) < 4.78 is 1.85. The summed E-state index contributed by atoms with van der Waals surface area (Å²) in [5.74, 6) is 0. The van der Waals surface area contributed by atoms with E-state index >= 15 is 0 Å². The number of imidazole rings is 1. The predicted octanol–water partition coefficient (Wildman–Crippen LogP) is 4.20. The third kappa shape index (κ3) is 2.88. The molecular formula is C17H17N5S2. The average molecular weight is 355 g/mol. The molecule has 0 fully saturated rings. The number of hydrogen-bond acceptors (Lipinski definition) is 6. The molecule has 24 heavy (non-hydrogen) atoms. The van der Waals surface area contributed by atoms with Crippen molar-refractivity contribution in [2.24, 2.45) is 0 Å². The normalized spacial score (nSPS) is 11.1. The molecule has 0 radical (unpaired) electrons. The molecule has 3 aromatic heterocycles. The standard InChI is InChI=1S/C17H17N5S2/c1-21(2)15-8-4-3-7-13(15)14-11-22-17(19-14)24-16(20-22)18-10-12-6-5-9-23-12/h3-9,11H,10H2,1-2H3,(H,18,20). The molecule has 0 aliphatic carbocycles. The summed E-state index contributed by atoms with van der Waals surface area (Å²) in [5.41, 5.74) is 3.22. The van der Waals surface area contributed by atoms with Gasteiger partial charge in [0.25, 0.3) is 0 Å². The van der Waals surface area contributed by atoms with Gasteiger partial charge in [0, 0.05) is 30.2 Å². The number of hydrogen-bond donors (Lipinski definition) is 1. The van der Waals surface area contributed by atoms with Crippen LogP contribution in [0.2, 0.25) is 0 Å². The van der Waals surface area contributed by atoms with Crippen LogP contribution in [0.5, 0.6) is 0 Å². The van der Waals surface area contributed by atoms with Crippen molar-refractivity contribution in [1.82, 2.24) is 14.6 Å². The average Bonchev–Trinajstić information content (AvgIpc) is 3.28. The Morgan fingerprint density at radius 1 is 1.17 bits per heavy atom. The number of rotatable bonds is 5. The third-order valence-electron chi connectivity index (χ3n) is 3.70. The van der Waals surface area contributed by atoms with E-state index in [4.69, 9.17) is 4.98 Å². The SMILES string of the molecule is CN(C)c1ccccc1-c1cn2nc(NCc3cccs3)sc2n1. The summed E-state index contributed by atoms with van der Waals surface area (Å²) in [7, 11) is 4.09. The van der Waals surface area contributed by atoms with Gasteiger partial charge in [0.15, 0.2) is 0 Å². The fourth-order valence-electron chi connectivity index (χ4n) is 2.56. The Morgan fingerprint density at radius 3 is 2.79 bits per heavy atom. The minimum absolute atomic E-state index is 0.796. The first-order valence-electron chi connectivity index (χ1n) is 7.60. The fraction of sp³-hybridized carbons (Fsp3) is 0.176. The van der Waals surface area contributed by atoms with Crippen molar-refractivity contribution in [3.8, 4) is 11.3 Å². The molecule has 1 N–H and O–H groups in total. The van der Waals surface area contributed by atoms with Gasteiger partial charge in [0.05, 0.1) is 18.4 Å². The number of para-hydroxylation sites is 1. The van der Waals surface area contributed by atoms with Crippen LogP contribution >= 0.6 is 22.7 Å². The summed E-state index contributed by atoms with van der Waals surface area (Å²) >= 11 is 3.31. The van der Waals surface area contributed by atoms with Crippen LogP contribution in [0.15, 0.2) is 48.0 Å². The maximum Gasteiger partial charge on any atom is 0.214 e. The summed E-state index contributed by atoms with van der Waals surface area (Å²) in [6.45, 7) is 0.796. The van der Waals surface area contributed by atoms with Crippen molar-refractivity contribution in [3.05, 3.63) is 52.9 Å². The van der Waals surface area contributed by atoms with Gasteiger partial charge in [-0.3, -0.25) is 0 Å². The molecule has 0 spiro atoms. The van der Waals surface area contributed by atoms with Crippen LogP contribution in [0.4, 0.5) is 10.8 Å². The molecule has 4 rings (SSSR count). The lowest BCUT2D eigenvalue weighted by Crippen LogP contribution is -2.09. The van der Waals surface area contributed by atoms with E-state index in [1.807, 2.05) is 36.9 Å². The summed E-state index contributed by atoms with van der Waals surface area (Å²) in [5, 5.41) is 10.9. The second-order valence-corrected chi connectivity index (χ2v) is 7.59. The van der Waals surface area contributed by atoms with E-state index in [1.54, 1.807) is 22.7 Å². The highest BCUT2D eigenvalue weighted by Gasteiger charge is 2.13. The van der Waals surface area contributed by atoms with Crippen LogP contribution in [0.3, 0.4) is 0 Å². The lowest BCUT2D eigenvalue weighted by atomic mass is 10.1. The summed E-state index contributed by atoms with van der Waals surface area (Å²) in [6, 6.07) is 12.5. The van der Waals surface area contributed by atoms with Crippen molar-refractivity contribution in [1.29, 1.82) is 0 Å². The highest BCUT2D eigenvalue weighted by molar-refractivity contribution is 7.20. The van der Waals surface area contributed by atoms with E-state index in [0.29, 0.717) is 0 Å². The minimum atomic E-state index is 0.796. The van der Waals surface area contributed by atoms with Crippen LogP contribution in [-0.2, 0) is 6.54 Å². The molecule has 0 amide bonds. The van der Waals surface area contributed by atoms with Crippen molar-refractivity contribution < 1.29 is 0 Å². The Bertz CT molecular complexity index is 921. The molecule has 0 atom stereocenters. The van der Waals surface area contributed by atoms with E-state index in [9.17, 15) is 0 Å². The molecular weight excluding hydrogens is 338 g/mol. The van der Waals surface area contributed by atoms with Crippen LogP contribution in [0.25, 0.3) is 16.2 Å². The summed E-state index contributed by atoms with van der Waals surface area (Å²) in [6.07, 6.45) is 1.99. The number of benzene rings is 1. The van der Waals surface area contributed by atoms with Gasteiger partial charge in [-0.05, 0) is 17.5 Å². The van der Waals surface area contributed by atoms with E-state index in [1.165, 1.54) is 4.88 Å². The molecule has 0 aliphatic rings. The minimum Gasteiger partial charge on any atom is -0.377 e. The quantitative estimate of drug-likeness (QED) is 0.583. The van der Waals surface area contributed by atoms with Gasteiger partial charge in [-0.2, -0.15) is 0 Å². The molecule has 3 heterocycles. The van der Waals surface area contributed by atoms with Crippen LogP contribution in [0.1, 0.15) is 4.88 Å². The van der Waals surface area contributed by atoms with Gasteiger partial charge < -0.3 is 10.2 Å². The Balaban J connectivity index is 1.60. The Hall–Kier alpha value is -2.38. The molecule has 0 unspecified atom stereocenters. The lowest BCUT2D eigenvalue weighted by Gasteiger charge is -2.15. The van der Waals surface area contributed by atoms with Gasteiger partial charge in [-0.25, -0.2) is 9.50 Å². The Kier molecular flexibility index (Phi) is 3.95. The van der Waals surface area contributed by atoms with Crippen LogP contribution < -0.4 is 10.2 Å². The molecule has 0 bridgehead atoms. The van der Waals surface area contributed by atoms with Gasteiger partial charge in [-0.1, -0.05) is 35.6 Å². The van der Waals surface area contributed by atoms with Gasteiger partial charge in [0.1, 0.15) is 0 Å². The van der Waals surface area contributed by atoms with E-state index < -0.39 is 0 Å². The number of nitrogens with one attached hydrogen (secondary N) is 1. The molecule has 122 valence electrons. The van der Waals surface area contributed by atoms with Crippen LogP contribution in [-0.4, -0.2) is 28.7 Å². The van der Waals surface area contributed by atoms with Crippen molar-refractivity contribution >= 4 is 38.5 Å². The van der Waals surface area contributed by atoms with Crippen LogP contribution in [0, 0.1) is 0 Å². The smallest absolute Gasteiger partial charge is 0.214 e. The van der Waals surface area contributed by atoms with Crippen molar-refractivity contribution in [3.63, 3.8) is 0 Å². The highest BCUT2D eigenvalue weighted by Crippen LogP contribution is 2.30. The number of thiophene rings is 1. The lowest BCUT2D eigenvalue weighted by molar-refractivity contribution is 0.964. The zero-order valence-corrected chi connectivity index (χ0v) is 15.1. The van der Waals surface area contributed by atoms with Gasteiger partial charge >= 0.3 is 0 Å². The predicted molar refractivity (Wildman–Crippen MR) is 102 cm³/mol. The molecule has 5 nitrogen and oxygen atoms in total. The van der Waals surface area contributed by atoms with Crippen molar-refractivity contribution in [2.75, 3.05) is 24.3 Å². The number of anilines is 2. The maximum absolute atomic E-state index is 4.75. The number of aromatic nitrogens is 3. The largest absolute Gasteiger partial charge is 0.377 e. The summed E-state index contributed by atoms with van der Waals surface area (Å²) in [4.78, 5) is 9.04. The second-order valence-electron chi connectivity index (χ2n) is 5.60. The maximum atomic E-state index is 4.75. The molecule has 0 aliphatic heterocycles. The second kappa shape index (κ2) is 6.26. The third-order valence-corrected chi connectivity index (χ3v) is 5.46. The number of nitrogens with zero attached hydrogens (tertiary/aromatic N) is 4. The van der Waals surface area contributed by atoms with E-state index in [2.05, 4.69) is 45.0 Å². The topological polar surface area (TPSA) is 45.5 Å².